The molecule has 2 fully saturated rings. The van der Waals surface area contributed by atoms with Gasteiger partial charge in [-0.2, -0.15) is 9.78 Å². The average molecular weight is 486 g/mol. The summed E-state index contributed by atoms with van der Waals surface area (Å²) in [7, 11) is 0. The Labute approximate surface area is 200 Å². The van der Waals surface area contributed by atoms with Crippen LogP contribution < -0.4 is 0 Å². The first-order chi connectivity index (χ1) is 15.9. The van der Waals surface area contributed by atoms with Gasteiger partial charge in [0.1, 0.15) is 5.01 Å². The molecular weight excluding hydrogens is 462 g/mol. The van der Waals surface area contributed by atoms with Crippen molar-refractivity contribution in [3.05, 3.63) is 58.3 Å². The van der Waals surface area contributed by atoms with E-state index in [4.69, 9.17) is 16.7 Å². The third kappa shape index (κ3) is 4.53. The summed E-state index contributed by atoms with van der Waals surface area (Å²) >= 11 is 7.99. The number of carbonyl (C=O) groups excluding carboxylic acids is 1. The van der Waals surface area contributed by atoms with Crippen molar-refractivity contribution >= 4 is 34.9 Å². The summed E-state index contributed by atoms with van der Waals surface area (Å²) in [6.07, 6.45) is 6.20. The number of hydrogen-bond donors (Lipinski definition) is 1. The van der Waals surface area contributed by atoms with Crippen LogP contribution in [0.15, 0.2) is 42.0 Å². The van der Waals surface area contributed by atoms with E-state index in [1.807, 2.05) is 11.4 Å². The van der Waals surface area contributed by atoms with E-state index in [1.165, 1.54) is 17.8 Å². The number of benzene rings is 1. The van der Waals surface area contributed by atoms with Gasteiger partial charge in [0.2, 0.25) is 0 Å². The Hall–Kier alpha value is -2.75. The SMILES string of the molecule is O=C(O)c1ccn(C(=O)N2CCC3(CCN(Cc4ccc(Cl)c(-c5nccs5)c4)C3)CC2)n1. The number of likely N-dealkylation sites (tertiary alicyclic amines) is 2. The largest absolute Gasteiger partial charge is 0.476 e. The fourth-order valence-corrected chi connectivity index (χ4v) is 5.81. The lowest BCUT2D eigenvalue weighted by molar-refractivity contribution is 0.0689. The van der Waals surface area contributed by atoms with Crippen molar-refractivity contribution in [1.29, 1.82) is 0 Å². The number of aromatic carboxylic acids is 1. The molecule has 1 N–H and O–H groups in total. The fourth-order valence-electron chi connectivity index (χ4n) is 4.88. The van der Waals surface area contributed by atoms with Crippen molar-refractivity contribution in [2.24, 2.45) is 5.41 Å². The summed E-state index contributed by atoms with van der Waals surface area (Å²) in [6, 6.07) is 7.26. The standard InChI is InChI=1S/C23H24ClN5O3S/c24-18-2-1-16(13-17(18)20-25-7-12-33-20)14-27-9-4-23(15-27)5-10-28(11-6-23)22(32)29-8-3-19(26-29)21(30)31/h1-3,7-8,12-13H,4-6,9-11,14-15H2,(H,30,31). The second kappa shape index (κ2) is 8.89. The molecule has 1 spiro atoms. The average Bonchev–Trinajstić information content (AvgIpc) is 3.57. The van der Waals surface area contributed by atoms with Crippen LogP contribution in [0.5, 0.6) is 0 Å². The number of hydrogen-bond acceptors (Lipinski definition) is 6. The molecule has 4 heterocycles. The molecule has 2 aliphatic heterocycles. The zero-order valence-electron chi connectivity index (χ0n) is 18.0. The fraction of sp³-hybridized carbons (Fsp3) is 0.391. The molecule has 0 bridgehead atoms. The van der Waals surface area contributed by atoms with Crippen LogP contribution in [0.1, 0.15) is 35.3 Å². The highest BCUT2D eigenvalue weighted by Crippen LogP contribution is 2.41. The van der Waals surface area contributed by atoms with E-state index in [0.29, 0.717) is 13.1 Å². The summed E-state index contributed by atoms with van der Waals surface area (Å²) in [5.74, 6) is -1.13. The van der Waals surface area contributed by atoms with Crippen molar-refractivity contribution in [2.45, 2.75) is 25.8 Å². The highest BCUT2D eigenvalue weighted by atomic mass is 35.5. The van der Waals surface area contributed by atoms with Gasteiger partial charge in [-0.3, -0.25) is 4.90 Å². The molecule has 0 radical (unpaired) electrons. The number of carboxylic acid groups (broad SMARTS) is 1. The van der Waals surface area contributed by atoms with Crippen LogP contribution >= 0.6 is 22.9 Å². The van der Waals surface area contributed by atoms with Gasteiger partial charge in [-0.15, -0.1) is 11.3 Å². The molecule has 5 rings (SSSR count). The second-order valence-corrected chi connectivity index (χ2v) is 10.1. The zero-order chi connectivity index (χ0) is 23.0. The normalized spacial score (nSPS) is 18.2. The maximum absolute atomic E-state index is 12.7. The maximum Gasteiger partial charge on any atom is 0.356 e. The number of carbonyl (C=O) groups is 2. The van der Waals surface area contributed by atoms with Crippen molar-refractivity contribution < 1.29 is 14.7 Å². The van der Waals surface area contributed by atoms with Crippen LogP contribution in [-0.4, -0.2) is 67.9 Å². The van der Waals surface area contributed by atoms with Gasteiger partial charge in [0.15, 0.2) is 5.69 Å². The number of thiazole rings is 1. The minimum absolute atomic E-state index is 0.122. The Morgan fingerprint density at radius 1 is 1.15 bits per heavy atom. The minimum Gasteiger partial charge on any atom is -0.476 e. The highest BCUT2D eigenvalue weighted by molar-refractivity contribution is 7.13. The van der Waals surface area contributed by atoms with Gasteiger partial charge in [-0.05, 0) is 55.0 Å². The number of carboxylic acids is 1. The first-order valence-electron chi connectivity index (χ1n) is 10.9. The van der Waals surface area contributed by atoms with E-state index in [1.54, 1.807) is 22.4 Å². The summed E-state index contributed by atoms with van der Waals surface area (Å²) < 4.78 is 1.13. The van der Waals surface area contributed by atoms with Gasteiger partial charge in [0, 0.05) is 49.5 Å². The molecule has 1 aromatic carbocycles. The molecule has 8 nitrogen and oxygen atoms in total. The molecule has 2 aromatic heterocycles. The van der Waals surface area contributed by atoms with Crippen molar-refractivity contribution in [1.82, 2.24) is 24.6 Å². The Morgan fingerprint density at radius 2 is 1.94 bits per heavy atom. The molecular formula is C23H24ClN5O3S. The number of amides is 1. The minimum atomic E-state index is -1.13. The van der Waals surface area contributed by atoms with E-state index in [9.17, 15) is 9.59 Å². The Balaban J connectivity index is 1.19. The Kier molecular flexibility index (Phi) is 5.94. The maximum atomic E-state index is 12.7. The monoisotopic (exact) mass is 485 g/mol. The molecule has 10 heteroatoms. The van der Waals surface area contributed by atoms with Gasteiger partial charge in [-0.25, -0.2) is 14.6 Å². The lowest BCUT2D eigenvalue weighted by atomic mass is 9.78. The lowest BCUT2D eigenvalue weighted by Gasteiger charge is -2.39. The number of rotatable bonds is 4. The van der Waals surface area contributed by atoms with Gasteiger partial charge in [0.05, 0.1) is 5.02 Å². The molecule has 2 saturated heterocycles. The molecule has 2 aliphatic rings. The van der Waals surface area contributed by atoms with Gasteiger partial charge >= 0.3 is 12.0 Å². The second-order valence-electron chi connectivity index (χ2n) is 8.83. The molecule has 0 unspecified atom stereocenters. The van der Waals surface area contributed by atoms with Crippen LogP contribution in [0.3, 0.4) is 0 Å². The van der Waals surface area contributed by atoms with E-state index < -0.39 is 5.97 Å². The summed E-state index contributed by atoms with van der Waals surface area (Å²) in [5, 5.41) is 16.5. The van der Waals surface area contributed by atoms with E-state index >= 15 is 0 Å². The van der Waals surface area contributed by atoms with Gasteiger partial charge in [0.25, 0.3) is 0 Å². The van der Waals surface area contributed by atoms with Crippen LogP contribution in [0.25, 0.3) is 10.6 Å². The number of piperidine rings is 1. The predicted octanol–water partition coefficient (Wildman–Crippen LogP) is 4.31. The quantitative estimate of drug-likeness (QED) is 0.592. The van der Waals surface area contributed by atoms with Gasteiger partial charge < -0.3 is 10.0 Å². The lowest BCUT2D eigenvalue weighted by Crippen LogP contribution is -2.45. The molecule has 172 valence electrons. The highest BCUT2D eigenvalue weighted by Gasteiger charge is 2.41. The van der Waals surface area contributed by atoms with Crippen LogP contribution in [0.2, 0.25) is 5.02 Å². The summed E-state index contributed by atoms with van der Waals surface area (Å²) in [6.45, 7) is 4.22. The Bertz CT molecular complexity index is 1170. The van der Waals surface area contributed by atoms with Gasteiger partial charge in [-0.1, -0.05) is 17.7 Å². The predicted molar refractivity (Wildman–Crippen MR) is 126 cm³/mol. The smallest absolute Gasteiger partial charge is 0.356 e. The first kappa shape index (κ1) is 22.1. The summed E-state index contributed by atoms with van der Waals surface area (Å²) in [5.41, 5.74) is 2.30. The van der Waals surface area contributed by atoms with Crippen LogP contribution in [0, 0.1) is 5.41 Å². The molecule has 0 atom stereocenters. The first-order valence-corrected chi connectivity index (χ1v) is 12.2. The van der Waals surface area contributed by atoms with Crippen molar-refractivity contribution in [3.63, 3.8) is 0 Å². The molecule has 0 saturated carbocycles. The number of halogens is 1. The topological polar surface area (TPSA) is 91.6 Å². The summed E-state index contributed by atoms with van der Waals surface area (Å²) in [4.78, 5) is 32.4. The third-order valence-corrected chi connectivity index (χ3v) is 7.85. The van der Waals surface area contributed by atoms with Crippen LogP contribution in [0.4, 0.5) is 4.79 Å². The van der Waals surface area contributed by atoms with Crippen molar-refractivity contribution in [3.8, 4) is 10.6 Å². The van der Waals surface area contributed by atoms with Crippen molar-refractivity contribution in [2.75, 3.05) is 26.2 Å². The van der Waals surface area contributed by atoms with E-state index in [0.717, 1.165) is 59.2 Å². The molecule has 33 heavy (non-hydrogen) atoms. The number of nitrogens with zero attached hydrogens (tertiary/aromatic N) is 5. The van der Waals surface area contributed by atoms with Crippen LogP contribution in [-0.2, 0) is 6.54 Å². The third-order valence-electron chi connectivity index (χ3n) is 6.72. The Morgan fingerprint density at radius 3 is 2.64 bits per heavy atom. The number of aromatic nitrogens is 3. The molecule has 1 amide bonds. The van der Waals surface area contributed by atoms with E-state index in [-0.39, 0.29) is 17.1 Å². The zero-order valence-corrected chi connectivity index (χ0v) is 19.6. The molecule has 3 aromatic rings. The molecule has 0 aliphatic carbocycles. The van der Waals surface area contributed by atoms with E-state index in [2.05, 4.69) is 27.1 Å².